The quantitative estimate of drug-likeness (QED) is 0.878. The van der Waals surface area contributed by atoms with Gasteiger partial charge in [-0.1, -0.05) is 0 Å². The summed E-state index contributed by atoms with van der Waals surface area (Å²) in [5.74, 6) is 1.66. The molecule has 0 aromatic carbocycles. The fraction of sp³-hybridized carbons (Fsp3) is 0.471. The summed E-state index contributed by atoms with van der Waals surface area (Å²) in [5, 5.41) is 5.82. The molecule has 0 saturated carbocycles. The van der Waals surface area contributed by atoms with E-state index in [4.69, 9.17) is 4.74 Å². The SMILES string of the molecule is Cc1nccn1-c1cc(CNC(=O)N[C@@H](C)[C@H]2CCCO2)ccn1. The van der Waals surface area contributed by atoms with Crippen LogP contribution in [-0.4, -0.2) is 39.3 Å². The first-order valence-corrected chi connectivity index (χ1v) is 8.24. The second kappa shape index (κ2) is 7.44. The number of aryl methyl sites for hydroxylation is 1. The number of rotatable bonds is 5. The molecule has 0 unspecified atom stereocenters. The number of nitrogens with zero attached hydrogens (tertiary/aromatic N) is 3. The predicted octanol–water partition coefficient (Wildman–Crippen LogP) is 1.94. The maximum absolute atomic E-state index is 12.0. The fourth-order valence-corrected chi connectivity index (χ4v) is 2.85. The van der Waals surface area contributed by atoms with Crippen molar-refractivity contribution in [3.8, 4) is 5.82 Å². The number of imidazole rings is 1. The van der Waals surface area contributed by atoms with Crippen molar-refractivity contribution < 1.29 is 9.53 Å². The summed E-state index contributed by atoms with van der Waals surface area (Å²) >= 11 is 0. The highest BCUT2D eigenvalue weighted by Gasteiger charge is 2.23. The van der Waals surface area contributed by atoms with Gasteiger partial charge in [-0.05, 0) is 44.4 Å². The Morgan fingerprint density at radius 3 is 3.04 bits per heavy atom. The summed E-state index contributed by atoms with van der Waals surface area (Å²) in [5.41, 5.74) is 0.980. The molecular formula is C17H23N5O2. The van der Waals surface area contributed by atoms with Crippen molar-refractivity contribution in [2.24, 2.45) is 0 Å². The smallest absolute Gasteiger partial charge is 0.315 e. The lowest BCUT2D eigenvalue weighted by Crippen LogP contribution is -2.45. The molecule has 1 saturated heterocycles. The normalized spacial score (nSPS) is 18.3. The van der Waals surface area contributed by atoms with Gasteiger partial charge >= 0.3 is 6.03 Å². The van der Waals surface area contributed by atoms with Crippen LogP contribution < -0.4 is 10.6 Å². The Balaban J connectivity index is 1.54. The van der Waals surface area contributed by atoms with Crippen molar-refractivity contribution in [2.75, 3.05) is 6.61 Å². The van der Waals surface area contributed by atoms with Gasteiger partial charge < -0.3 is 15.4 Å². The van der Waals surface area contributed by atoms with Crippen molar-refractivity contribution in [1.82, 2.24) is 25.2 Å². The van der Waals surface area contributed by atoms with Crippen molar-refractivity contribution in [3.63, 3.8) is 0 Å². The number of hydrogen-bond donors (Lipinski definition) is 2. The van der Waals surface area contributed by atoms with Crippen LogP contribution in [0.25, 0.3) is 5.82 Å². The van der Waals surface area contributed by atoms with E-state index < -0.39 is 0 Å². The van der Waals surface area contributed by atoms with Crippen LogP contribution in [0.5, 0.6) is 0 Å². The third-order valence-electron chi connectivity index (χ3n) is 4.22. The zero-order chi connectivity index (χ0) is 16.9. The standard InChI is InChI=1S/C17H23N5O2/c1-12(15-4-3-9-24-15)21-17(23)20-11-14-5-6-19-16(10-14)22-8-7-18-13(22)2/h5-8,10,12,15H,3-4,9,11H2,1-2H3,(H2,20,21,23)/t12-,15+/m0/s1. The number of hydrogen-bond acceptors (Lipinski definition) is 4. The monoisotopic (exact) mass is 329 g/mol. The molecule has 3 heterocycles. The van der Waals surface area contributed by atoms with Crippen LogP contribution >= 0.6 is 0 Å². The van der Waals surface area contributed by atoms with E-state index in [1.54, 1.807) is 12.4 Å². The van der Waals surface area contributed by atoms with Crippen LogP contribution in [0, 0.1) is 6.92 Å². The van der Waals surface area contributed by atoms with Crippen molar-refractivity contribution in [1.29, 1.82) is 0 Å². The average Bonchev–Trinajstić information content (AvgIpc) is 3.24. The highest BCUT2D eigenvalue weighted by atomic mass is 16.5. The second-order valence-corrected chi connectivity index (χ2v) is 6.03. The second-order valence-electron chi connectivity index (χ2n) is 6.03. The zero-order valence-corrected chi connectivity index (χ0v) is 14.0. The van der Waals surface area contributed by atoms with E-state index in [2.05, 4.69) is 20.6 Å². The molecule has 2 atom stereocenters. The van der Waals surface area contributed by atoms with Crippen molar-refractivity contribution in [3.05, 3.63) is 42.1 Å². The summed E-state index contributed by atoms with van der Waals surface area (Å²) in [7, 11) is 0. The lowest BCUT2D eigenvalue weighted by atomic mass is 10.1. The number of nitrogens with one attached hydrogen (secondary N) is 2. The summed E-state index contributed by atoms with van der Waals surface area (Å²) in [6.07, 6.45) is 7.52. The Morgan fingerprint density at radius 1 is 1.46 bits per heavy atom. The maximum Gasteiger partial charge on any atom is 0.315 e. The Labute approximate surface area is 141 Å². The highest BCUT2D eigenvalue weighted by molar-refractivity contribution is 5.74. The number of amides is 2. The first-order valence-electron chi connectivity index (χ1n) is 8.24. The summed E-state index contributed by atoms with van der Waals surface area (Å²) < 4.78 is 7.49. The van der Waals surface area contributed by atoms with E-state index in [1.165, 1.54) is 0 Å². The van der Waals surface area contributed by atoms with Gasteiger partial charge in [0.25, 0.3) is 0 Å². The molecule has 1 aliphatic rings. The molecule has 0 spiro atoms. The Kier molecular flexibility index (Phi) is 5.10. The lowest BCUT2D eigenvalue weighted by molar-refractivity contribution is 0.0860. The maximum atomic E-state index is 12.0. The van der Waals surface area contributed by atoms with Crippen molar-refractivity contribution in [2.45, 2.75) is 45.4 Å². The van der Waals surface area contributed by atoms with Gasteiger partial charge in [0, 0.05) is 31.7 Å². The summed E-state index contributed by atoms with van der Waals surface area (Å²) in [4.78, 5) is 20.6. The molecule has 2 aromatic rings. The molecule has 7 heteroatoms. The molecule has 2 amide bonds. The Bertz CT molecular complexity index is 694. The van der Waals surface area contributed by atoms with Gasteiger partial charge in [-0.25, -0.2) is 14.8 Å². The van der Waals surface area contributed by atoms with E-state index in [9.17, 15) is 4.79 Å². The van der Waals surface area contributed by atoms with Crippen LogP contribution in [-0.2, 0) is 11.3 Å². The zero-order valence-electron chi connectivity index (χ0n) is 14.0. The summed E-state index contributed by atoms with van der Waals surface area (Å²) in [6, 6.07) is 3.65. The van der Waals surface area contributed by atoms with Gasteiger partial charge in [0.2, 0.25) is 0 Å². The number of ether oxygens (including phenoxy) is 1. The molecular weight excluding hydrogens is 306 g/mol. The first kappa shape index (κ1) is 16.4. The summed E-state index contributed by atoms with van der Waals surface area (Å²) in [6.45, 7) is 5.12. The van der Waals surface area contributed by atoms with Crippen LogP contribution in [0.4, 0.5) is 4.79 Å². The molecule has 3 rings (SSSR count). The molecule has 7 nitrogen and oxygen atoms in total. The molecule has 128 valence electrons. The Morgan fingerprint density at radius 2 is 2.33 bits per heavy atom. The molecule has 0 bridgehead atoms. The van der Waals surface area contributed by atoms with Gasteiger partial charge in [0.15, 0.2) is 0 Å². The number of carbonyl (C=O) groups is 1. The number of urea groups is 1. The molecule has 2 N–H and O–H groups in total. The van der Waals surface area contributed by atoms with E-state index in [1.807, 2.05) is 36.7 Å². The minimum atomic E-state index is -0.185. The van der Waals surface area contributed by atoms with E-state index >= 15 is 0 Å². The van der Waals surface area contributed by atoms with Crippen LogP contribution in [0.2, 0.25) is 0 Å². The molecule has 24 heavy (non-hydrogen) atoms. The molecule has 2 aromatic heterocycles. The minimum Gasteiger partial charge on any atom is -0.376 e. The van der Waals surface area contributed by atoms with Gasteiger partial charge in [0.05, 0.1) is 12.1 Å². The topological polar surface area (TPSA) is 81.1 Å². The van der Waals surface area contributed by atoms with Crippen LogP contribution in [0.1, 0.15) is 31.2 Å². The Hall–Kier alpha value is -2.41. The third-order valence-corrected chi connectivity index (χ3v) is 4.22. The first-order chi connectivity index (χ1) is 11.6. The lowest BCUT2D eigenvalue weighted by Gasteiger charge is -2.20. The number of pyridine rings is 1. The predicted molar refractivity (Wildman–Crippen MR) is 89.9 cm³/mol. The molecule has 0 radical (unpaired) electrons. The van der Waals surface area contributed by atoms with E-state index in [0.29, 0.717) is 6.54 Å². The molecule has 0 aliphatic carbocycles. The number of carbonyl (C=O) groups excluding carboxylic acids is 1. The van der Waals surface area contributed by atoms with E-state index in [-0.39, 0.29) is 18.2 Å². The van der Waals surface area contributed by atoms with E-state index in [0.717, 1.165) is 36.7 Å². The number of aromatic nitrogens is 3. The molecule has 1 fully saturated rings. The van der Waals surface area contributed by atoms with Gasteiger partial charge in [-0.2, -0.15) is 0 Å². The minimum absolute atomic E-state index is 0.00843. The molecule has 1 aliphatic heterocycles. The van der Waals surface area contributed by atoms with Gasteiger partial charge in [-0.3, -0.25) is 4.57 Å². The van der Waals surface area contributed by atoms with Crippen LogP contribution in [0.15, 0.2) is 30.7 Å². The van der Waals surface area contributed by atoms with Gasteiger partial charge in [-0.15, -0.1) is 0 Å². The largest absolute Gasteiger partial charge is 0.376 e. The van der Waals surface area contributed by atoms with Crippen molar-refractivity contribution >= 4 is 6.03 Å². The average molecular weight is 329 g/mol. The van der Waals surface area contributed by atoms with Crippen LogP contribution in [0.3, 0.4) is 0 Å². The highest BCUT2D eigenvalue weighted by Crippen LogP contribution is 2.15. The third kappa shape index (κ3) is 3.91. The fourth-order valence-electron chi connectivity index (χ4n) is 2.85. The van der Waals surface area contributed by atoms with Gasteiger partial charge in [0.1, 0.15) is 11.6 Å².